The van der Waals surface area contributed by atoms with Gasteiger partial charge in [-0.05, 0) is 25.0 Å². The fraction of sp³-hybridized carbons (Fsp3) is 0.278. The molecule has 1 atom stereocenters. The third-order valence-electron chi connectivity index (χ3n) is 4.64. The summed E-state index contributed by atoms with van der Waals surface area (Å²) in [6.45, 7) is 0.543. The van der Waals surface area contributed by atoms with E-state index < -0.39 is 11.9 Å². The van der Waals surface area contributed by atoms with E-state index in [0.29, 0.717) is 18.7 Å². The predicted octanol–water partition coefficient (Wildman–Crippen LogP) is 2.16. The van der Waals surface area contributed by atoms with Crippen LogP contribution >= 0.6 is 11.3 Å². The van der Waals surface area contributed by atoms with E-state index in [1.165, 1.54) is 11.3 Å². The van der Waals surface area contributed by atoms with E-state index in [-0.39, 0.29) is 5.91 Å². The zero-order valence-electron chi connectivity index (χ0n) is 14.2. The van der Waals surface area contributed by atoms with Gasteiger partial charge in [0.1, 0.15) is 17.5 Å². The number of methoxy groups -OCH3 is 1. The number of rotatable bonds is 4. The minimum absolute atomic E-state index is 0.188. The molecule has 1 aliphatic rings. The lowest BCUT2D eigenvalue weighted by molar-refractivity contribution is -0.121. The molecule has 134 valence electrons. The minimum atomic E-state index is -0.529. The van der Waals surface area contributed by atoms with Crippen LogP contribution in [-0.2, 0) is 4.79 Å². The van der Waals surface area contributed by atoms with Crippen LogP contribution in [0.1, 0.15) is 23.3 Å². The van der Waals surface area contributed by atoms with E-state index >= 15 is 0 Å². The van der Waals surface area contributed by atoms with Gasteiger partial charge in [-0.25, -0.2) is 4.98 Å². The lowest BCUT2D eigenvalue weighted by Gasteiger charge is -2.21. The third kappa shape index (κ3) is 2.72. The lowest BCUT2D eigenvalue weighted by atomic mass is 10.1. The van der Waals surface area contributed by atoms with E-state index in [4.69, 9.17) is 10.5 Å². The van der Waals surface area contributed by atoms with Crippen LogP contribution in [0.4, 0.5) is 0 Å². The van der Waals surface area contributed by atoms with Crippen LogP contribution in [0.25, 0.3) is 16.2 Å². The Morgan fingerprint density at radius 3 is 3.00 bits per heavy atom. The van der Waals surface area contributed by atoms with Crippen molar-refractivity contribution in [2.24, 2.45) is 5.73 Å². The van der Waals surface area contributed by atoms with Crippen LogP contribution < -0.4 is 10.5 Å². The second-order valence-corrected chi connectivity index (χ2v) is 7.03. The Kier molecular flexibility index (Phi) is 4.12. The first-order valence-electron chi connectivity index (χ1n) is 8.30. The van der Waals surface area contributed by atoms with Crippen LogP contribution in [0.3, 0.4) is 0 Å². The molecular formula is C18H18N4O3S. The molecule has 8 heteroatoms. The van der Waals surface area contributed by atoms with Gasteiger partial charge in [-0.3, -0.25) is 14.0 Å². The average Bonchev–Trinajstić information content (AvgIpc) is 3.36. The summed E-state index contributed by atoms with van der Waals surface area (Å²) in [6.07, 6.45) is 3.24. The Hall–Kier alpha value is -2.87. The van der Waals surface area contributed by atoms with Crippen molar-refractivity contribution in [1.82, 2.24) is 14.3 Å². The number of carbonyl (C=O) groups is 2. The zero-order valence-corrected chi connectivity index (χ0v) is 15.0. The van der Waals surface area contributed by atoms with Gasteiger partial charge < -0.3 is 15.4 Å². The highest BCUT2D eigenvalue weighted by molar-refractivity contribution is 7.15. The molecule has 3 heterocycles. The summed E-state index contributed by atoms with van der Waals surface area (Å²) in [7, 11) is 1.62. The number of benzene rings is 1. The maximum absolute atomic E-state index is 12.9. The summed E-state index contributed by atoms with van der Waals surface area (Å²) in [5.74, 6) is 0.105. The monoisotopic (exact) mass is 370 g/mol. The van der Waals surface area contributed by atoms with E-state index in [0.717, 1.165) is 28.4 Å². The maximum Gasteiger partial charge on any atom is 0.272 e. The van der Waals surface area contributed by atoms with Crippen molar-refractivity contribution in [3.05, 3.63) is 41.5 Å². The quantitative estimate of drug-likeness (QED) is 0.762. The largest absolute Gasteiger partial charge is 0.497 e. The summed E-state index contributed by atoms with van der Waals surface area (Å²) in [4.78, 5) is 31.4. The minimum Gasteiger partial charge on any atom is -0.497 e. The molecule has 0 radical (unpaired) electrons. The smallest absolute Gasteiger partial charge is 0.272 e. The Balaban J connectivity index is 1.70. The molecule has 0 aliphatic carbocycles. The van der Waals surface area contributed by atoms with Gasteiger partial charge in [-0.1, -0.05) is 12.1 Å². The van der Waals surface area contributed by atoms with Gasteiger partial charge in [-0.2, -0.15) is 0 Å². The third-order valence-corrected chi connectivity index (χ3v) is 5.48. The molecule has 1 fully saturated rings. The molecule has 1 aliphatic heterocycles. The van der Waals surface area contributed by atoms with Gasteiger partial charge in [0.15, 0.2) is 4.96 Å². The first kappa shape index (κ1) is 16.6. The van der Waals surface area contributed by atoms with Gasteiger partial charge in [0.05, 0.1) is 12.8 Å². The number of primary amides is 1. The number of hydrogen-bond donors (Lipinski definition) is 1. The normalized spacial score (nSPS) is 17.0. The fourth-order valence-electron chi connectivity index (χ4n) is 3.31. The van der Waals surface area contributed by atoms with Gasteiger partial charge >= 0.3 is 0 Å². The second-order valence-electron chi connectivity index (χ2n) is 6.19. The van der Waals surface area contributed by atoms with Crippen molar-refractivity contribution in [3.63, 3.8) is 0 Å². The number of amides is 2. The number of nitrogens with two attached hydrogens (primary N) is 1. The summed E-state index contributed by atoms with van der Waals surface area (Å²) in [6, 6.07) is 7.08. The summed E-state index contributed by atoms with van der Waals surface area (Å²) in [5, 5.41) is 1.77. The van der Waals surface area contributed by atoms with Gasteiger partial charge in [0, 0.05) is 23.7 Å². The van der Waals surface area contributed by atoms with Crippen LogP contribution in [0.2, 0.25) is 0 Å². The Morgan fingerprint density at radius 2 is 2.23 bits per heavy atom. The molecular weight excluding hydrogens is 352 g/mol. The highest BCUT2D eigenvalue weighted by Crippen LogP contribution is 2.28. The van der Waals surface area contributed by atoms with Crippen molar-refractivity contribution < 1.29 is 14.3 Å². The SMILES string of the molecule is COc1cccc(-c2cn3c(C(=O)N4CCC[C@H]4C(N)=O)csc3n2)c1. The molecule has 0 saturated carbocycles. The average molecular weight is 370 g/mol. The Labute approximate surface area is 154 Å². The van der Waals surface area contributed by atoms with Crippen molar-refractivity contribution in [2.75, 3.05) is 13.7 Å². The molecule has 7 nitrogen and oxygen atoms in total. The summed E-state index contributed by atoms with van der Waals surface area (Å²) < 4.78 is 7.04. The molecule has 4 rings (SSSR count). The number of likely N-dealkylation sites (tertiary alicyclic amines) is 1. The highest BCUT2D eigenvalue weighted by Gasteiger charge is 2.34. The first-order valence-corrected chi connectivity index (χ1v) is 9.18. The second kappa shape index (κ2) is 6.45. The zero-order chi connectivity index (χ0) is 18.3. The number of imidazole rings is 1. The van der Waals surface area contributed by atoms with Crippen LogP contribution in [0.5, 0.6) is 5.75 Å². The van der Waals surface area contributed by atoms with Crippen molar-refractivity contribution >= 4 is 28.1 Å². The van der Waals surface area contributed by atoms with Gasteiger partial charge in [0.2, 0.25) is 5.91 Å². The standard InChI is InChI=1S/C18H18N4O3S/c1-25-12-5-2-4-11(8-12)13-9-22-15(10-26-18(22)20-13)17(24)21-7-3-6-14(21)16(19)23/h2,4-5,8-10,14H,3,6-7H2,1H3,(H2,19,23)/t14-/m0/s1. The molecule has 2 amide bonds. The number of thiazole rings is 1. The van der Waals surface area contributed by atoms with Crippen LogP contribution in [-0.4, -0.2) is 45.8 Å². The van der Waals surface area contributed by atoms with Crippen molar-refractivity contribution in [1.29, 1.82) is 0 Å². The molecule has 0 bridgehead atoms. The van der Waals surface area contributed by atoms with Crippen LogP contribution in [0.15, 0.2) is 35.8 Å². The number of aromatic nitrogens is 2. The first-order chi connectivity index (χ1) is 12.6. The number of fused-ring (bicyclic) bond motifs is 1. The molecule has 1 saturated heterocycles. The number of carbonyl (C=O) groups excluding carboxylic acids is 2. The summed E-state index contributed by atoms with van der Waals surface area (Å²) >= 11 is 1.39. The summed E-state index contributed by atoms with van der Waals surface area (Å²) in [5.41, 5.74) is 7.61. The number of nitrogens with zero attached hydrogens (tertiary/aromatic N) is 3. The van der Waals surface area contributed by atoms with E-state index in [2.05, 4.69) is 4.98 Å². The Morgan fingerprint density at radius 1 is 1.38 bits per heavy atom. The molecule has 0 unspecified atom stereocenters. The Bertz CT molecular complexity index is 993. The van der Waals surface area contributed by atoms with Gasteiger partial charge in [-0.15, -0.1) is 11.3 Å². The lowest BCUT2D eigenvalue weighted by Crippen LogP contribution is -2.44. The molecule has 2 N–H and O–H groups in total. The molecule has 1 aromatic carbocycles. The number of ether oxygens (including phenoxy) is 1. The van der Waals surface area contributed by atoms with Crippen molar-refractivity contribution in [3.8, 4) is 17.0 Å². The maximum atomic E-state index is 12.9. The molecule has 2 aromatic heterocycles. The molecule has 0 spiro atoms. The van der Waals surface area contributed by atoms with Crippen molar-refractivity contribution in [2.45, 2.75) is 18.9 Å². The predicted molar refractivity (Wildman–Crippen MR) is 98.3 cm³/mol. The topological polar surface area (TPSA) is 89.9 Å². The molecule has 3 aromatic rings. The van der Waals surface area contributed by atoms with E-state index in [1.807, 2.05) is 30.5 Å². The van der Waals surface area contributed by atoms with Gasteiger partial charge in [0.25, 0.3) is 5.91 Å². The molecule has 26 heavy (non-hydrogen) atoms. The highest BCUT2D eigenvalue weighted by atomic mass is 32.1. The fourth-order valence-corrected chi connectivity index (χ4v) is 4.16. The van der Waals surface area contributed by atoms with Crippen LogP contribution in [0, 0.1) is 0 Å². The van der Waals surface area contributed by atoms with E-state index in [9.17, 15) is 9.59 Å². The van der Waals surface area contributed by atoms with E-state index in [1.54, 1.807) is 21.8 Å². The number of hydrogen-bond acceptors (Lipinski definition) is 5.